The van der Waals surface area contributed by atoms with Crippen LogP contribution >= 0.6 is 0 Å². The molecule has 0 unspecified atom stereocenters. The Labute approximate surface area is 137 Å². The van der Waals surface area contributed by atoms with Crippen molar-refractivity contribution in [2.24, 2.45) is 0 Å². The van der Waals surface area contributed by atoms with Gasteiger partial charge in [0.05, 0.1) is 6.54 Å². The summed E-state index contributed by atoms with van der Waals surface area (Å²) in [5.41, 5.74) is 5.21. The van der Waals surface area contributed by atoms with Crippen molar-refractivity contribution in [3.63, 3.8) is 0 Å². The summed E-state index contributed by atoms with van der Waals surface area (Å²) in [5.74, 6) is 0. The molecule has 0 saturated carbocycles. The first-order chi connectivity index (χ1) is 10.2. The molecular weight excluding hydrogens is 294 g/mol. The van der Waals surface area contributed by atoms with Crippen molar-refractivity contribution in [2.75, 3.05) is 0 Å². The molecule has 2 aromatic carbocycles. The summed E-state index contributed by atoms with van der Waals surface area (Å²) in [4.78, 5) is 0. The summed E-state index contributed by atoms with van der Waals surface area (Å²) in [7, 11) is 0. The SMILES string of the molecule is Cc1cccc(Cn2c[n+](Cc3ccccc3C)cn2)c1.[Cl-]. The summed E-state index contributed by atoms with van der Waals surface area (Å²) >= 11 is 0. The van der Waals surface area contributed by atoms with Crippen LogP contribution in [-0.4, -0.2) is 9.78 Å². The Bertz CT molecular complexity index is 749. The Balaban J connectivity index is 0.00000176. The van der Waals surface area contributed by atoms with Crippen LogP contribution in [0.3, 0.4) is 0 Å². The zero-order chi connectivity index (χ0) is 14.7. The molecule has 4 heteroatoms. The lowest BCUT2D eigenvalue weighted by atomic mass is 10.1. The standard InChI is InChI=1S/C18H20N3.ClH/c1-15-6-5-8-17(10-15)11-21-14-20(13-19-21)12-18-9-4-3-7-16(18)2;/h3-10,13-14H,11-12H2,1-2H3;1H/q+1;/p-1. The van der Waals surface area contributed by atoms with E-state index < -0.39 is 0 Å². The third-order valence-electron chi connectivity index (χ3n) is 3.67. The number of aryl methyl sites for hydroxylation is 2. The van der Waals surface area contributed by atoms with Gasteiger partial charge in [-0.2, -0.15) is 0 Å². The molecule has 1 aromatic heterocycles. The Morgan fingerprint density at radius 2 is 1.86 bits per heavy atom. The van der Waals surface area contributed by atoms with Gasteiger partial charge in [-0.15, -0.1) is 4.68 Å². The van der Waals surface area contributed by atoms with Crippen molar-refractivity contribution in [3.05, 3.63) is 83.4 Å². The van der Waals surface area contributed by atoms with Gasteiger partial charge in [0.2, 0.25) is 6.33 Å². The number of benzene rings is 2. The third-order valence-corrected chi connectivity index (χ3v) is 3.67. The lowest BCUT2D eigenvalue weighted by molar-refractivity contribution is -0.689. The molecule has 0 radical (unpaired) electrons. The maximum atomic E-state index is 4.45. The van der Waals surface area contributed by atoms with Crippen molar-refractivity contribution in [2.45, 2.75) is 26.9 Å². The highest BCUT2D eigenvalue weighted by molar-refractivity contribution is 5.24. The molecule has 3 rings (SSSR count). The van der Waals surface area contributed by atoms with Crippen LogP contribution in [0.2, 0.25) is 0 Å². The first-order valence-corrected chi connectivity index (χ1v) is 7.22. The smallest absolute Gasteiger partial charge is 0.265 e. The zero-order valence-corrected chi connectivity index (χ0v) is 13.7. The lowest BCUT2D eigenvalue weighted by Gasteiger charge is -2.02. The molecule has 22 heavy (non-hydrogen) atoms. The summed E-state index contributed by atoms with van der Waals surface area (Å²) in [6.07, 6.45) is 3.96. The predicted molar refractivity (Wildman–Crippen MR) is 83.0 cm³/mol. The van der Waals surface area contributed by atoms with Crippen LogP contribution in [-0.2, 0) is 13.1 Å². The van der Waals surface area contributed by atoms with Gasteiger partial charge in [0.1, 0.15) is 6.54 Å². The van der Waals surface area contributed by atoms with Crippen LogP contribution in [0.4, 0.5) is 0 Å². The maximum absolute atomic E-state index is 4.45. The molecule has 0 bridgehead atoms. The van der Waals surface area contributed by atoms with E-state index in [1.54, 1.807) is 0 Å². The number of nitrogens with zero attached hydrogens (tertiary/aromatic N) is 3. The van der Waals surface area contributed by atoms with E-state index in [-0.39, 0.29) is 12.4 Å². The Kier molecular flexibility index (Phi) is 5.34. The number of rotatable bonds is 4. The minimum Gasteiger partial charge on any atom is -1.00 e. The number of hydrogen-bond acceptors (Lipinski definition) is 1. The van der Waals surface area contributed by atoms with Crippen LogP contribution in [0.25, 0.3) is 0 Å². The average Bonchev–Trinajstić information content (AvgIpc) is 2.89. The molecule has 3 nitrogen and oxygen atoms in total. The fraction of sp³-hybridized carbons (Fsp3) is 0.222. The fourth-order valence-electron chi connectivity index (χ4n) is 2.51. The van der Waals surface area contributed by atoms with Crippen LogP contribution < -0.4 is 17.0 Å². The topological polar surface area (TPSA) is 21.7 Å². The van der Waals surface area contributed by atoms with Crippen LogP contribution in [0.1, 0.15) is 22.3 Å². The summed E-state index contributed by atoms with van der Waals surface area (Å²) in [6, 6.07) is 17.0. The van der Waals surface area contributed by atoms with Gasteiger partial charge in [-0.3, -0.25) is 0 Å². The van der Waals surface area contributed by atoms with Crippen molar-refractivity contribution < 1.29 is 17.0 Å². The van der Waals surface area contributed by atoms with Crippen LogP contribution in [0, 0.1) is 13.8 Å². The predicted octanol–water partition coefficient (Wildman–Crippen LogP) is -0.112. The van der Waals surface area contributed by atoms with Gasteiger partial charge in [-0.05, 0) is 30.5 Å². The van der Waals surface area contributed by atoms with E-state index in [2.05, 4.69) is 78.4 Å². The van der Waals surface area contributed by atoms with Gasteiger partial charge in [0.15, 0.2) is 0 Å². The fourth-order valence-corrected chi connectivity index (χ4v) is 2.51. The van der Waals surface area contributed by atoms with Crippen molar-refractivity contribution >= 4 is 0 Å². The molecule has 0 spiro atoms. The Morgan fingerprint density at radius 3 is 2.64 bits per heavy atom. The molecule has 3 aromatic rings. The van der Waals surface area contributed by atoms with E-state index in [9.17, 15) is 0 Å². The molecule has 1 heterocycles. The highest BCUT2D eigenvalue weighted by atomic mass is 35.5. The van der Waals surface area contributed by atoms with E-state index >= 15 is 0 Å². The number of aromatic nitrogens is 3. The number of hydrogen-bond donors (Lipinski definition) is 0. The first-order valence-electron chi connectivity index (χ1n) is 7.22. The highest BCUT2D eigenvalue weighted by Crippen LogP contribution is 2.07. The quantitative estimate of drug-likeness (QED) is 0.616. The molecule has 0 atom stereocenters. The van der Waals surface area contributed by atoms with Crippen LogP contribution in [0.15, 0.2) is 61.2 Å². The van der Waals surface area contributed by atoms with Gasteiger partial charge < -0.3 is 12.4 Å². The molecule has 0 fully saturated rings. The van der Waals surface area contributed by atoms with E-state index in [1.807, 2.05) is 11.0 Å². The number of halogens is 1. The molecule has 0 aliphatic carbocycles. The van der Waals surface area contributed by atoms with Crippen LogP contribution in [0.5, 0.6) is 0 Å². The summed E-state index contributed by atoms with van der Waals surface area (Å²) in [6.45, 7) is 5.93. The third kappa shape index (κ3) is 3.95. The minimum atomic E-state index is 0. The van der Waals surface area contributed by atoms with Gasteiger partial charge in [-0.1, -0.05) is 54.1 Å². The van der Waals surface area contributed by atoms with Gasteiger partial charge in [0.25, 0.3) is 6.33 Å². The lowest BCUT2D eigenvalue weighted by Crippen LogP contribution is -3.00. The molecular formula is C18H20ClN3. The minimum absolute atomic E-state index is 0. The Morgan fingerprint density at radius 1 is 1.05 bits per heavy atom. The van der Waals surface area contributed by atoms with Gasteiger partial charge in [-0.25, -0.2) is 4.57 Å². The normalized spacial score (nSPS) is 10.3. The molecule has 114 valence electrons. The Hall–Kier alpha value is -2.13. The van der Waals surface area contributed by atoms with E-state index in [1.165, 1.54) is 22.3 Å². The van der Waals surface area contributed by atoms with Crippen molar-refractivity contribution in [1.29, 1.82) is 0 Å². The van der Waals surface area contributed by atoms with Gasteiger partial charge in [0, 0.05) is 5.10 Å². The molecule has 0 saturated heterocycles. The monoisotopic (exact) mass is 313 g/mol. The second kappa shape index (κ2) is 7.23. The van der Waals surface area contributed by atoms with Crippen molar-refractivity contribution in [1.82, 2.24) is 9.78 Å². The molecule has 0 amide bonds. The van der Waals surface area contributed by atoms with E-state index in [0.29, 0.717) is 0 Å². The largest absolute Gasteiger partial charge is 1.00 e. The maximum Gasteiger partial charge on any atom is 0.265 e. The van der Waals surface area contributed by atoms with Gasteiger partial charge >= 0.3 is 0 Å². The second-order valence-corrected chi connectivity index (χ2v) is 5.53. The van der Waals surface area contributed by atoms with Crippen molar-refractivity contribution in [3.8, 4) is 0 Å². The first kappa shape index (κ1) is 16.2. The molecule has 0 N–H and O–H groups in total. The highest BCUT2D eigenvalue weighted by Gasteiger charge is 2.08. The zero-order valence-electron chi connectivity index (χ0n) is 12.9. The molecule has 0 aliphatic heterocycles. The summed E-state index contributed by atoms with van der Waals surface area (Å²) in [5, 5.41) is 4.45. The molecule has 0 aliphatic rings. The van der Waals surface area contributed by atoms with E-state index in [0.717, 1.165) is 13.1 Å². The summed E-state index contributed by atoms with van der Waals surface area (Å²) < 4.78 is 4.10. The second-order valence-electron chi connectivity index (χ2n) is 5.53. The van der Waals surface area contributed by atoms with E-state index in [4.69, 9.17) is 0 Å². The average molecular weight is 314 g/mol.